The predicted octanol–water partition coefficient (Wildman–Crippen LogP) is 3.97. The lowest BCUT2D eigenvalue weighted by Crippen LogP contribution is -2.36. The smallest absolute Gasteiger partial charge is 0.251 e. The van der Waals surface area contributed by atoms with E-state index in [0.29, 0.717) is 24.1 Å². The van der Waals surface area contributed by atoms with Gasteiger partial charge in [-0.25, -0.2) is 8.42 Å². The van der Waals surface area contributed by atoms with Crippen LogP contribution >= 0.6 is 0 Å². The van der Waals surface area contributed by atoms with Crippen molar-refractivity contribution in [2.75, 3.05) is 17.6 Å². The molecule has 9 nitrogen and oxygen atoms in total. The van der Waals surface area contributed by atoms with Crippen LogP contribution in [-0.4, -0.2) is 37.8 Å². The van der Waals surface area contributed by atoms with E-state index in [2.05, 4.69) is 27.6 Å². The zero-order valence-corrected chi connectivity index (χ0v) is 22.9. The van der Waals surface area contributed by atoms with Gasteiger partial charge < -0.3 is 15.5 Å². The van der Waals surface area contributed by atoms with Gasteiger partial charge in [-0.3, -0.25) is 9.10 Å². The monoisotopic (exact) mass is 545 g/mol. The Morgan fingerprint density at radius 2 is 1.72 bits per heavy atom. The van der Waals surface area contributed by atoms with Crippen molar-refractivity contribution in [1.29, 1.82) is 0 Å². The van der Waals surface area contributed by atoms with Crippen LogP contribution in [0.3, 0.4) is 0 Å². The highest BCUT2D eigenvalue weighted by molar-refractivity contribution is 7.92. The predicted molar refractivity (Wildman–Crippen MR) is 150 cm³/mol. The quantitative estimate of drug-likeness (QED) is 0.398. The van der Waals surface area contributed by atoms with Gasteiger partial charge in [0.05, 0.1) is 23.5 Å². The summed E-state index contributed by atoms with van der Waals surface area (Å²) in [5.74, 6) is 0.0324. The van der Waals surface area contributed by atoms with E-state index >= 15 is 0 Å². The summed E-state index contributed by atoms with van der Waals surface area (Å²) in [6.07, 6.45) is 2.96. The van der Waals surface area contributed by atoms with Gasteiger partial charge in [0, 0.05) is 18.2 Å². The van der Waals surface area contributed by atoms with Gasteiger partial charge >= 0.3 is 0 Å². The summed E-state index contributed by atoms with van der Waals surface area (Å²) < 4.78 is 31.8. The van der Waals surface area contributed by atoms with Gasteiger partial charge in [-0.1, -0.05) is 54.6 Å². The summed E-state index contributed by atoms with van der Waals surface area (Å²) in [7, 11) is -2.17. The molecule has 2 unspecified atom stereocenters. The zero-order valence-electron chi connectivity index (χ0n) is 22.1. The third kappa shape index (κ3) is 5.86. The van der Waals surface area contributed by atoms with Crippen LogP contribution in [0.2, 0.25) is 0 Å². The molecule has 10 heteroatoms. The molecule has 1 aliphatic rings. The molecular formula is C29H31N5O4S. The number of hydrogen-bond donors (Lipinski definition) is 2. The summed E-state index contributed by atoms with van der Waals surface area (Å²) in [6.45, 7) is 1.83. The molecule has 1 amide bonds. The third-order valence-corrected chi connectivity index (χ3v) is 8.20. The highest BCUT2D eigenvalue weighted by Crippen LogP contribution is 2.31. The van der Waals surface area contributed by atoms with Gasteiger partial charge in [0.1, 0.15) is 0 Å². The summed E-state index contributed by atoms with van der Waals surface area (Å²) in [5, 5.41) is 11.6. The first-order valence-electron chi connectivity index (χ1n) is 12.7. The Balaban J connectivity index is 1.66. The Bertz CT molecular complexity index is 1620. The molecule has 0 fully saturated rings. The van der Waals surface area contributed by atoms with Crippen molar-refractivity contribution in [3.63, 3.8) is 0 Å². The van der Waals surface area contributed by atoms with E-state index in [0.717, 1.165) is 33.7 Å². The van der Waals surface area contributed by atoms with Crippen LogP contribution in [0.15, 0.2) is 77.2 Å². The molecule has 0 radical (unpaired) electrons. The number of anilines is 1. The lowest BCUT2D eigenvalue weighted by atomic mass is 9.91. The zero-order chi connectivity index (χ0) is 27.8. The van der Waals surface area contributed by atoms with Gasteiger partial charge in [-0.05, 0) is 61.1 Å². The molecule has 1 aromatic heterocycles. The summed E-state index contributed by atoms with van der Waals surface area (Å²) in [4.78, 5) is 13.7. The topological polar surface area (TPSA) is 131 Å². The van der Waals surface area contributed by atoms with Gasteiger partial charge in [0.25, 0.3) is 5.91 Å². The number of aryl methyl sites for hydroxylation is 1. The molecule has 0 saturated heterocycles. The average Bonchev–Trinajstić information content (AvgIpc) is 3.41. The van der Waals surface area contributed by atoms with Crippen LogP contribution in [0.25, 0.3) is 11.5 Å². The number of nitrogens with two attached hydrogens (primary N) is 1. The van der Waals surface area contributed by atoms with Crippen LogP contribution < -0.4 is 15.4 Å². The maximum absolute atomic E-state index is 13.7. The third-order valence-electron chi connectivity index (χ3n) is 6.99. The number of nitrogens with one attached hydrogen (secondary N) is 1. The normalized spacial score (nSPS) is 19.8. The molecule has 0 aliphatic carbocycles. The van der Waals surface area contributed by atoms with E-state index in [4.69, 9.17) is 10.2 Å². The van der Waals surface area contributed by atoms with Crippen molar-refractivity contribution in [3.8, 4) is 11.5 Å². The van der Waals surface area contributed by atoms with Crippen molar-refractivity contribution in [2.45, 2.75) is 37.8 Å². The van der Waals surface area contributed by atoms with Crippen LogP contribution in [-0.2, 0) is 28.4 Å². The van der Waals surface area contributed by atoms with Crippen molar-refractivity contribution in [1.82, 2.24) is 15.5 Å². The number of carbonyl (C=O) groups excluding carboxylic acids is 1. The van der Waals surface area contributed by atoms with Crippen molar-refractivity contribution < 1.29 is 17.6 Å². The fourth-order valence-electron chi connectivity index (χ4n) is 4.76. The fraction of sp³-hybridized carbons (Fsp3) is 0.276. The molecule has 2 atom stereocenters. The lowest BCUT2D eigenvalue weighted by molar-refractivity contribution is 0.0934. The standard InChI is InChI=1S/C29H31N5O4S/c1-29(30)18-20-9-7-8-19(14-20)12-13-25(21-10-5-4-6-11-21)31-26(35)22-15-23(27-32-33-28(29)38-27)17-24(16-22)34(2)39(3,36)37/h4-11,14-17,25H,12-13,18,30H2,1-3H3,(H,31,35). The van der Waals surface area contributed by atoms with Gasteiger partial charge in [0.15, 0.2) is 0 Å². The maximum Gasteiger partial charge on any atom is 0.251 e. The fourth-order valence-corrected chi connectivity index (χ4v) is 5.25. The first kappa shape index (κ1) is 26.6. The number of amides is 1. The molecular weight excluding hydrogens is 514 g/mol. The Labute approximate surface area is 228 Å². The summed E-state index contributed by atoms with van der Waals surface area (Å²) in [6, 6.07) is 22.5. The average molecular weight is 546 g/mol. The highest BCUT2D eigenvalue weighted by atomic mass is 32.2. The van der Waals surface area contributed by atoms with Crippen LogP contribution in [0, 0.1) is 0 Å². The molecule has 3 N–H and O–H groups in total. The van der Waals surface area contributed by atoms with Crippen molar-refractivity contribution in [2.24, 2.45) is 5.73 Å². The number of fused-ring (bicyclic) bond motifs is 7. The summed E-state index contributed by atoms with van der Waals surface area (Å²) in [5.41, 5.74) is 9.81. The number of hydrogen-bond acceptors (Lipinski definition) is 7. The molecule has 5 rings (SSSR count). The Morgan fingerprint density at radius 3 is 2.46 bits per heavy atom. The molecule has 3 aromatic carbocycles. The lowest BCUT2D eigenvalue weighted by Gasteiger charge is -2.23. The van der Waals surface area contributed by atoms with Crippen LogP contribution in [0.5, 0.6) is 0 Å². The second-order valence-electron chi connectivity index (χ2n) is 10.3. The second-order valence-corrected chi connectivity index (χ2v) is 12.3. The Kier molecular flexibility index (Phi) is 7.00. The van der Waals surface area contributed by atoms with Crippen molar-refractivity contribution in [3.05, 3.63) is 101 Å². The largest absolute Gasteiger partial charge is 0.419 e. The van der Waals surface area contributed by atoms with Gasteiger partial charge in [0.2, 0.25) is 21.8 Å². The van der Waals surface area contributed by atoms with E-state index in [1.54, 1.807) is 18.2 Å². The van der Waals surface area contributed by atoms with Gasteiger partial charge in [-0.2, -0.15) is 0 Å². The number of nitrogens with zero attached hydrogens (tertiary/aromatic N) is 3. The molecule has 0 spiro atoms. The van der Waals surface area contributed by atoms with Crippen LogP contribution in [0.4, 0.5) is 5.69 Å². The van der Waals surface area contributed by atoms with E-state index in [-0.39, 0.29) is 29.3 Å². The number of sulfonamides is 1. The van der Waals surface area contributed by atoms with Crippen molar-refractivity contribution >= 4 is 21.6 Å². The minimum atomic E-state index is -3.60. The molecule has 202 valence electrons. The second kappa shape index (κ2) is 10.3. The van der Waals surface area contributed by atoms with E-state index in [9.17, 15) is 13.2 Å². The molecule has 39 heavy (non-hydrogen) atoms. The SMILES string of the molecule is CN(c1cc2cc(c1)-c1nnc(o1)C(C)(N)Cc1cccc(c1)CCC(c1ccccc1)NC2=O)S(C)(=O)=O. The number of benzene rings is 3. The van der Waals surface area contributed by atoms with E-state index in [1.807, 2.05) is 49.4 Å². The first-order chi connectivity index (χ1) is 18.5. The number of carbonyl (C=O) groups is 1. The number of rotatable bonds is 3. The maximum atomic E-state index is 13.7. The van der Waals surface area contributed by atoms with Gasteiger partial charge in [-0.15, -0.1) is 10.2 Å². The molecule has 1 aliphatic heterocycles. The van der Waals surface area contributed by atoms with E-state index in [1.165, 1.54) is 7.05 Å². The highest BCUT2D eigenvalue weighted by Gasteiger charge is 2.30. The van der Waals surface area contributed by atoms with Crippen LogP contribution in [0.1, 0.15) is 52.3 Å². The molecule has 6 bridgehead atoms. The first-order valence-corrected chi connectivity index (χ1v) is 14.5. The minimum absolute atomic E-state index is 0.139. The summed E-state index contributed by atoms with van der Waals surface area (Å²) >= 11 is 0. The minimum Gasteiger partial charge on any atom is -0.419 e. The Hall–Kier alpha value is -4.02. The molecule has 4 aromatic rings. The molecule has 2 heterocycles. The number of aromatic nitrogens is 2. The Morgan fingerprint density at radius 1 is 1.00 bits per heavy atom. The molecule has 0 saturated carbocycles. The van der Waals surface area contributed by atoms with E-state index < -0.39 is 15.6 Å².